The molecule has 0 aliphatic carbocycles. The normalized spacial score (nSPS) is 11.4. The van der Waals surface area contributed by atoms with Crippen LogP contribution in [0.3, 0.4) is 0 Å². The zero-order chi connectivity index (χ0) is 14.9. The Morgan fingerprint density at radius 2 is 1.65 bits per heavy atom. The Bertz CT molecular complexity index is 648. The van der Waals surface area contributed by atoms with Crippen molar-refractivity contribution in [2.24, 2.45) is 0 Å². The standard InChI is InChI=1S/C14H8ClF3O2/c15-12-6-3-9(13(19)20)7-11(12)8-1-4-10(5-2-8)14(16,17)18/h1-7H,(H,19,20). The summed E-state index contributed by atoms with van der Waals surface area (Å²) in [5.41, 5.74) is 0.0439. The molecule has 0 amide bonds. The number of halogens is 4. The Balaban J connectivity index is 2.46. The smallest absolute Gasteiger partial charge is 0.416 e. The summed E-state index contributed by atoms with van der Waals surface area (Å²) in [7, 11) is 0. The number of rotatable bonds is 2. The Morgan fingerprint density at radius 1 is 1.05 bits per heavy atom. The van der Waals surface area contributed by atoms with Crippen LogP contribution in [0.4, 0.5) is 13.2 Å². The van der Waals surface area contributed by atoms with Crippen LogP contribution >= 0.6 is 11.6 Å². The molecule has 2 rings (SSSR count). The van der Waals surface area contributed by atoms with E-state index in [1.54, 1.807) is 0 Å². The average molecular weight is 301 g/mol. The van der Waals surface area contributed by atoms with Gasteiger partial charge in [0.1, 0.15) is 0 Å². The fourth-order valence-corrected chi connectivity index (χ4v) is 1.94. The van der Waals surface area contributed by atoms with Crippen molar-refractivity contribution < 1.29 is 23.1 Å². The van der Waals surface area contributed by atoms with Crippen LogP contribution in [0.1, 0.15) is 15.9 Å². The highest BCUT2D eigenvalue weighted by Crippen LogP contribution is 2.33. The lowest BCUT2D eigenvalue weighted by molar-refractivity contribution is -0.137. The van der Waals surface area contributed by atoms with Crippen LogP contribution in [0, 0.1) is 0 Å². The lowest BCUT2D eigenvalue weighted by Gasteiger charge is -2.09. The predicted molar refractivity (Wildman–Crippen MR) is 68.8 cm³/mol. The number of carboxylic acid groups (broad SMARTS) is 1. The first kappa shape index (κ1) is 14.4. The molecule has 0 saturated carbocycles. The molecule has 104 valence electrons. The molecule has 0 spiro atoms. The van der Waals surface area contributed by atoms with Crippen molar-refractivity contribution in [3.8, 4) is 11.1 Å². The van der Waals surface area contributed by atoms with Crippen molar-refractivity contribution >= 4 is 17.6 Å². The van der Waals surface area contributed by atoms with Crippen molar-refractivity contribution in [1.29, 1.82) is 0 Å². The molecule has 0 aromatic heterocycles. The fourth-order valence-electron chi connectivity index (χ4n) is 1.72. The van der Waals surface area contributed by atoms with E-state index < -0.39 is 17.7 Å². The first-order valence-electron chi connectivity index (χ1n) is 5.49. The largest absolute Gasteiger partial charge is 0.478 e. The summed E-state index contributed by atoms with van der Waals surface area (Å²) >= 11 is 5.95. The summed E-state index contributed by atoms with van der Waals surface area (Å²) in [6, 6.07) is 8.44. The van der Waals surface area contributed by atoms with E-state index in [4.69, 9.17) is 16.7 Å². The summed E-state index contributed by atoms with van der Waals surface area (Å²) in [6.45, 7) is 0. The van der Waals surface area contributed by atoms with E-state index in [-0.39, 0.29) is 10.6 Å². The van der Waals surface area contributed by atoms with Crippen LogP contribution in [0.2, 0.25) is 5.02 Å². The van der Waals surface area contributed by atoms with Crippen LogP contribution in [0.5, 0.6) is 0 Å². The minimum atomic E-state index is -4.41. The van der Waals surface area contributed by atoms with Crippen molar-refractivity contribution in [3.05, 3.63) is 58.6 Å². The van der Waals surface area contributed by atoms with Gasteiger partial charge in [0.2, 0.25) is 0 Å². The minimum absolute atomic E-state index is 0.0179. The van der Waals surface area contributed by atoms with Crippen LogP contribution < -0.4 is 0 Å². The molecule has 0 aliphatic rings. The molecule has 0 atom stereocenters. The van der Waals surface area contributed by atoms with Gasteiger partial charge >= 0.3 is 12.1 Å². The summed E-state index contributed by atoms with van der Waals surface area (Å²) in [5.74, 6) is -1.13. The Labute approximate surface area is 117 Å². The lowest BCUT2D eigenvalue weighted by atomic mass is 10.0. The van der Waals surface area contributed by atoms with Gasteiger partial charge in [-0.2, -0.15) is 13.2 Å². The molecule has 0 fully saturated rings. The quantitative estimate of drug-likeness (QED) is 0.871. The third kappa shape index (κ3) is 2.93. The van der Waals surface area contributed by atoms with E-state index in [1.807, 2.05) is 0 Å². The number of benzene rings is 2. The maximum atomic E-state index is 12.5. The van der Waals surface area contributed by atoms with Gasteiger partial charge in [-0.25, -0.2) is 4.79 Å². The maximum Gasteiger partial charge on any atom is 0.416 e. The summed E-state index contributed by atoms with van der Waals surface area (Å²) in [4.78, 5) is 10.9. The molecule has 0 bridgehead atoms. The SMILES string of the molecule is O=C(O)c1ccc(Cl)c(-c2ccc(C(F)(F)F)cc2)c1. The van der Waals surface area contributed by atoms with Crippen molar-refractivity contribution in [2.45, 2.75) is 6.18 Å². The van der Waals surface area contributed by atoms with Crippen molar-refractivity contribution in [2.75, 3.05) is 0 Å². The van der Waals surface area contributed by atoms with E-state index in [1.165, 1.54) is 30.3 Å². The molecule has 0 saturated heterocycles. The number of carboxylic acids is 1. The van der Waals surface area contributed by atoms with Gasteiger partial charge < -0.3 is 5.11 Å². The van der Waals surface area contributed by atoms with E-state index in [0.29, 0.717) is 11.1 Å². The van der Waals surface area contributed by atoms with Gasteiger partial charge in [0.25, 0.3) is 0 Å². The van der Waals surface area contributed by atoms with Crippen molar-refractivity contribution in [1.82, 2.24) is 0 Å². The Hall–Kier alpha value is -2.01. The van der Waals surface area contributed by atoms with E-state index >= 15 is 0 Å². The number of carbonyl (C=O) groups is 1. The highest BCUT2D eigenvalue weighted by Gasteiger charge is 2.30. The first-order valence-corrected chi connectivity index (χ1v) is 5.87. The molecule has 0 unspecified atom stereocenters. The van der Waals surface area contributed by atoms with Gasteiger partial charge in [-0.05, 0) is 35.9 Å². The number of hydrogen-bond donors (Lipinski definition) is 1. The zero-order valence-electron chi connectivity index (χ0n) is 9.91. The molecule has 2 aromatic carbocycles. The second-order valence-corrected chi connectivity index (χ2v) is 4.48. The van der Waals surface area contributed by atoms with E-state index in [2.05, 4.69) is 0 Å². The van der Waals surface area contributed by atoms with Gasteiger partial charge in [0.15, 0.2) is 0 Å². The van der Waals surface area contributed by atoms with Gasteiger partial charge in [-0.15, -0.1) is 0 Å². The summed E-state index contributed by atoms with van der Waals surface area (Å²) in [6.07, 6.45) is -4.41. The predicted octanol–water partition coefficient (Wildman–Crippen LogP) is 4.72. The van der Waals surface area contributed by atoms with Crippen LogP contribution in [0.25, 0.3) is 11.1 Å². The molecular formula is C14H8ClF3O2. The Kier molecular flexibility index (Phi) is 3.72. The molecule has 1 N–H and O–H groups in total. The molecule has 6 heteroatoms. The third-order valence-electron chi connectivity index (χ3n) is 2.74. The molecule has 0 heterocycles. The Morgan fingerprint density at radius 3 is 2.15 bits per heavy atom. The molecule has 2 nitrogen and oxygen atoms in total. The van der Waals surface area contributed by atoms with Crippen LogP contribution in [-0.2, 0) is 6.18 Å². The first-order chi connectivity index (χ1) is 9.29. The summed E-state index contributed by atoms with van der Waals surface area (Å²) < 4.78 is 37.4. The minimum Gasteiger partial charge on any atom is -0.478 e. The van der Waals surface area contributed by atoms with E-state index in [9.17, 15) is 18.0 Å². The van der Waals surface area contributed by atoms with Crippen molar-refractivity contribution in [3.63, 3.8) is 0 Å². The average Bonchev–Trinajstić information content (AvgIpc) is 2.38. The van der Waals surface area contributed by atoms with Crippen LogP contribution in [0.15, 0.2) is 42.5 Å². The third-order valence-corrected chi connectivity index (χ3v) is 3.07. The van der Waals surface area contributed by atoms with E-state index in [0.717, 1.165) is 12.1 Å². The van der Waals surface area contributed by atoms with Gasteiger partial charge in [0, 0.05) is 10.6 Å². The molecule has 20 heavy (non-hydrogen) atoms. The molecule has 2 aromatic rings. The van der Waals surface area contributed by atoms with Gasteiger partial charge in [-0.3, -0.25) is 0 Å². The van der Waals surface area contributed by atoms with Gasteiger partial charge in [0.05, 0.1) is 11.1 Å². The topological polar surface area (TPSA) is 37.3 Å². The fraction of sp³-hybridized carbons (Fsp3) is 0.0714. The monoisotopic (exact) mass is 300 g/mol. The molecular weight excluding hydrogens is 293 g/mol. The van der Waals surface area contributed by atoms with Gasteiger partial charge in [-0.1, -0.05) is 23.7 Å². The molecule has 0 aliphatic heterocycles. The second-order valence-electron chi connectivity index (χ2n) is 4.07. The zero-order valence-corrected chi connectivity index (χ0v) is 10.7. The maximum absolute atomic E-state index is 12.5. The number of hydrogen-bond acceptors (Lipinski definition) is 1. The number of alkyl halides is 3. The van der Waals surface area contributed by atoms with Crippen LogP contribution in [-0.4, -0.2) is 11.1 Å². The highest BCUT2D eigenvalue weighted by atomic mass is 35.5. The lowest BCUT2D eigenvalue weighted by Crippen LogP contribution is -2.04. The molecule has 0 radical (unpaired) electrons. The summed E-state index contributed by atoms with van der Waals surface area (Å²) in [5, 5.41) is 9.18. The second kappa shape index (κ2) is 5.17. The number of aromatic carboxylic acids is 1. The highest BCUT2D eigenvalue weighted by molar-refractivity contribution is 6.33.